The van der Waals surface area contributed by atoms with Gasteiger partial charge in [-0.15, -0.1) is 0 Å². The van der Waals surface area contributed by atoms with E-state index >= 15 is 0 Å². The smallest absolute Gasteiger partial charge is 0.220 e. The zero-order chi connectivity index (χ0) is 15.9. The molecular weight excluding hydrogens is 276 g/mol. The average Bonchev–Trinajstić information content (AvgIpc) is 2.48. The number of carbonyl (C=O) groups is 1. The molecule has 0 unspecified atom stereocenters. The molecule has 0 aliphatic heterocycles. The van der Waals surface area contributed by atoms with Gasteiger partial charge in [-0.05, 0) is 30.9 Å². The first-order chi connectivity index (χ1) is 9.96. The highest BCUT2D eigenvalue weighted by atomic mass is 19.1. The average molecular weight is 299 g/mol. The van der Waals surface area contributed by atoms with Crippen molar-refractivity contribution in [3.8, 4) is 0 Å². The van der Waals surface area contributed by atoms with Crippen molar-refractivity contribution in [1.29, 1.82) is 0 Å². The maximum atomic E-state index is 13.4. The number of rotatable bonds is 8. The molecule has 0 saturated heterocycles. The van der Waals surface area contributed by atoms with Crippen LogP contribution in [0.2, 0.25) is 0 Å². The number of aryl methyl sites for hydroxylation is 1. The number of aliphatic hydroxyl groups excluding tert-OH is 1. The van der Waals surface area contributed by atoms with Crippen molar-refractivity contribution in [2.75, 3.05) is 13.2 Å². The van der Waals surface area contributed by atoms with Gasteiger partial charge in [-0.2, -0.15) is 0 Å². The van der Waals surface area contributed by atoms with E-state index < -0.39 is 11.6 Å². The fraction of sp³-hybridized carbons (Fsp3) is 0.562. The second-order valence-electron chi connectivity index (χ2n) is 5.38. The van der Waals surface area contributed by atoms with Crippen molar-refractivity contribution in [2.45, 2.75) is 39.5 Å². The van der Waals surface area contributed by atoms with Gasteiger partial charge in [0.25, 0.3) is 0 Å². The van der Waals surface area contributed by atoms with Crippen molar-refractivity contribution in [3.63, 3.8) is 0 Å². The summed E-state index contributed by atoms with van der Waals surface area (Å²) in [6.45, 7) is 4.37. The summed E-state index contributed by atoms with van der Waals surface area (Å²) in [5, 5.41) is 12.2. The topological polar surface area (TPSA) is 49.3 Å². The van der Waals surface area contributed by atoms with Crippen LogP contribution < -0.4 is 5.32 Å². The lowest BCUT2D eigenvalue weighted by Gasteiger charge is -2.29. The standard InChI is InChI=1S/C16H23F2NO2/c1-3-16(4-2,11-20)10-19-15(21)8-6-12-5-7-13(17)9-14(12)18/h5,7,9,20H,3-4,6,8,10-11H2,1-2H3,(H,19,21). The van der Waals surface area contributed by atoms with E-state index in [4.69, 9.17) is 0 Å². The Labute approximate surface area is 124 Å². The Morgan fingerprint density at radius 2 is 1.95 bits per heavy atom. The van der Waals surface area contributed by atoms with Gasteiger partial charge in [0.15, 0.2) is 0 Å². The fourth-order valence-corrected chi connectivity index (χ4v) is 2.13. The Morgan fingerprint density at radius 3 is 2.48 bits per heavy atom. The van der Waals surface area contributed by atoms with Gasteiger partial charge >= 0.3 is 0 Å². The first kappa shape index (κ1) is 17.6. The van der Waals surface area contributed by atoms with Crippen LogP contribution in [0.3, 0.4) is 0 Å². The number of amides is 1. The lowest BCUT2D eigenvalue weighted by atomic mass is 9.83. The van der Waals surface area contributed by atoms with Crippen molar-refractivity contribution in [2.24, 2.45) is 5.41 Å². The molecule has 0 saturated carbocycles. The van der Waals surface area contributed by atoms with E-state index in [1.54, 1.807) is 0 Å². The Morgan fingerprint density at radius 1 is 1.29 bits per heavy atom. The second kappa shape index (κ2) is 8.08. The molecule has 1 aromatic rings. The fourth-order valence-electron chi connectivity index (χ4n) is 2.13. The molecule has 118 valence electrons. The highest BCUT2D eigenvalue weighted by molar-refractivity contribution is 5.76. The summed E-state index contributed by atoms with van der Waals surface area (Å²) >= 11 is 0. The number of hydrogen-bond acceptors (Lipinski definition) is 2. The maximum Gasteiger partial charge on any atom is 0.220 e. The monoisotopic (exact) mass is 299 g/mol. The molecule has 0 spiro atoms. The predicted molar refractivity (Wildman–Crippen MR) is 77.8 cm³/mol. The number of nitrogens with one attached hydrogen (secondary N) is 1. The number of aliphatic hydroxyl groups is 1. The Hall–Kier alpha value is -1.49. The van der Waals surface area contributed by atoms with Crippen LogP contribution in [0.5, 0.6) is 0 Å². The van der Waals surface area contributed by atoms with Crippen LogP contribution in [0, 0.1) is 17.0 Å². The van der Waals surface area contributed by atoms with E-state index in [9.17, 15) is 18.7 Å². The zero-order valence-electron chi connectivity index (χ0n) is 12.6. The van der Waals surface area contributed by atoms with Crippen molar-refractivity contribution >= 4 is 5.91 Å². The molecule has 0 radical (unpaired) electrons. The lowest BCUT2D eigenvalue weighted by Crippen LogP contribution is -2.39. The van der Waals surface area contributed by atoms with Crippen LogP contribution in [0.1, 0.15) is 38.7 Å². The van der Waals surface area contributed by atoms with Gasteiger partial charge in [0.2, 0.25) is 5.91 Å². The molecule has 0 bridgehead atoms. The maximum absolute atomic E-state index is 13.4. The van der Waals surface area contributed by atoms with E-state index in [0.717, 1.165) is 18.9 Å². The number of hydrogen-bond donors (Lipinski definition) is 2. The van der Waals surface area contributed by atoms with Crippen molar-refractivity contribution < 1.29 is 18.7 Å². The van der Waals surface area contributed by atoms with Gasteiger partial charge < -0.3 is 10.4 Å². The molecule has 5 heteroatoms. The summed E-state index contributed by atoms with van der Waals surface area (Å²) in [5.41, 5.74) is 0.0301. The SMILES string of the molecule is CCC(CC)(CO)CNC(=O)CCc1ccc(F)cc1F. The van der Waals surface area contributed by atoms with Gasteiger partial charge in [-0.3, -0.25) is 4.79 Å². The highest BCUT2D eigenvalue weighted by Gasteiger charge is 2.25. The van der Waals surface area contributed by atoms with Crippen molar-refractivity contribution in [1.82, 2.24) is 5.32 Å². The zero-order valence-corrected chi connectivity index (χ0v) is 12.6. The lowest BCUT2D eigenvalue weighted by molar-refractivity contribution is -0.121. The molecule has 0 fully saturated rings. The summed E-state index contributed by atoms with van der Waals surface area (Å²) in [4.78, 5) is 11.8. The Balaban J connectivity index is 2.47. The molecule has 1 amide bonds. The number of benzene rings is 1. The molecule has 0 aliphatic rings. The molecule has 1 rings (SSSR count). The van der Waals surface area contributed by atoms with Crippen LogP contribution in [0.4, 0.5) is 8.78 Å². The Kier molecular flexibility index (Phi) is 6.75. The third-order valence-electron chi connectivity index (χ3n) is 4.13. The Bertz CT molecular complexity index is 465. The summed E-state index contributed by atoms with van der Waals surface area (Å²) in [7, 11) is 0. The van der Waals surface area contributed by atoms with Gasteiger partial charge in [0.1, 0.15) is 11.6 Å². The van der Waals surface area contributed by atoms with Crippen LogP contribution >= 0.6 is 0 Å². The first-order valence-electron chi connectivity index (χ1n) is 7.28. The molecule has 1 aromatic carbocycles. The molecule has 0 aromatic heterocycles. The van der Waals surface area contributed by atoms with Crippen LogP contribution in [0.25, 0.3) is 0 Å². The normalized spacial score (nSPS) is 11.5. The van der Waals surface area contributed by atoms with Gasteiger partial charge in [0.05, 0.1) is 6.61 Å². The first-order valence-corrected chi connectivity index (χ1v) is 7.28. The van der Waals surface area contributed by atoms with Crippen molar-refractivity contribution in [3.05, 3.63) is 35.4 Å². The van der Waals surface area contributed by atoms with Crippen LogP contribution in [0.15, 0.2) is 18.2 Å². The van der Waals surface area contributed by atoms with Gasteiger partial charge in [-0.25, -0.2) is 8.78 Å². The molecule has 0 atom stereocenters. The van der Waals surface area contributed by atoms with E-state index in [1.807, 2.05) is 13.8 Å². The van der Waals surface area contributed by atoms with E-state index in [2.05, 4.69) is 5.32 Å². The summed E-state index contributed by atoms with van der Waals surface area (Å²) in [5.74, 6) is -1.45. The third kappa shape index (κ3) is 5.08. The summed E-state index contributed by atoms with van der Waals surface area (Å²) in [6, 6.07) is 3.35. The largest absolute Gasteiger partial charge is 0.396 e. The molecular formula is C16H23F2NO2. The molecule has 3 nitrogen and oxygen atoms in total. The van der Waals surface area contributed by atoms with Crippen LogP contribution in [-0.4, -0.2) is 24.2 Å². The van der Waals surface area contributed by atoms with Gasteiger partial charge in [-0.1, -0.05) is 19.9 Å². The van der Waals surface area contributed by atoms with Crippen LogP contribution in [-0.2, 0) is 11.2 Å². The third-order valence-corrected chi connectivity index (χ3v) is 4.13. The molecule has 0 aliphatic carbocycles. The van der Waals surface area contributed by atoms with Gasteiger partial charge in [0, 0.05) is 24.4 Å². The number of carbonyl (C=O) groups excluding carboxylic acids is 1. The van der Waals surface area contributed by atoms with E-state index in [-0.39, 0.29) is 30.8 Å². The minimum absolute atomic E-state index is 0.0207. The highest BCUT2D eigenvalue weighted by Crippen LogP contribution is 2.24. The van der Waals surface area contributed by atoms with E-state index in [0.29, 0.717) is 12.1 Å². The number of halogens is 2. The molecule has 0 heterocycles. The summed E-state index contributed by atoms with van der Waals surface area (Å²) in [6.07, 6.45) is 1.90. The summed E-state index contributed by atoms with van der Waals surface area (Å²) < 4.78 is 26.2. The minimum atomic E-state index is -0.630. The minimum Gasteiger partial charge on any atom is -0.396 e. The molecule has 21 heavy (non-hydrogen) atoms. The quantitative estimate of drug-likeness (QED) is 0.775. The van der Waals surface area contributed by atoms with E-state index in [1.165, 1.54) is 12.1 Å². The second-order valence-corrected chi connectivity index (χ2v) is 5.38. The molecule has 2 N–H and O–H groups in total. The predicted octanol–water partition coefficient (Wildman–Crippen LogP) is 2.81.